The van der Waals surface area contributed by atoms with E-state index in [1.54, 1.807) is 6.92 Å². The average molecular weight is 329 g/mol. The van der Waals surface area contributed by atoms with E-state index in [-0.39, 0.29) is 12.1 Å². The van der Waals surface area contributed by atoms with E-state index in [4.69, 9.17) is 4.42 Å². The molecule has 3 rings (SSSR count). The van der Waals surface area contributed by atoms with E-state index in [1.807, 2.05) is 30.3 Å². The lowest BCUT2D eigenvalue weighted by molar-refractivity contribution is 0.126. The Kier molecular flexibility index (Phi) is 5.43. The molecule has 2 aromatic rings. The number of amides is 2. The van der Waals surface area contributed by atoms with Gasteiger partial charge in [-0.05, 0) is 31.5 Å². The molecule has 1 atom stereocenters. The van der Waals surface area contributed by atoms with Gasteiger partial charge in [0.2, 0.25) is 11.8 Å². The summed E-state index contributed by atoms with van der Waals surface area (Å²) in [6.07, 6.45) is 3.38. The van der Waals surface area contributed by atoms with E-state index >= 15 is 0 Å². The zero-order valence-corrected chi connectivity index (χ0v) is 13.9. The number of carbonyl (C=O) groups is 1. The molecule has 7 nitrogen and oxygen atoms in total. The lowest BCUT2D eigenvalue weighted by Crippen LogP contribution is -2.47. The van der Waals surface area contributed by atoms with Crippen molar-refractivity contribution in [1.82, 2.24) is 20.4 Å². The van der Waals surface area contributed by atoms with Crippen molar-refractivity contribution < 1.29 is 9.21 Å². The lowest BCUT2D eigenvalue weighted by atomic mass is 10.0. The molecular weight excluding hydrogens is 306 g/mol. The number of likely N-dealkylation sites (tertiary alicyclic amines) is 1. The Balaban J connectivity index is 1.51. The number of anilines is 1. The summed E-state index contributed by atoms with van der Waals surface area (Å²) in [5.74, 6) is 1.21. The third-order valence-electron chi connectivity index (χ3n) is 4.19. The van der Waals surface area contributed by atoms with Crippen LogP contribution in [0, 0.1) is 6.92 Å². The number of rotatable bonds is 5. The maximum Gasteiger partial charge on any atom is 0.319 e. The van der Waals surface area contributed by atoms with Gasteiger partial charge >= 0.3 is 6.03 Å². The number of aryl methyl sites for hydroxylation is 1. The first kappa shape index (κ1) is 16.4. The molecule has 2 N–H and O–H groups in total. The summed E-state index contributed by atoms with van der Waals surface area (Å²) in [4.78, 5) is 14.3. The van der Waals surface area contributed by atoms with Gasteiger partial charge < -0.3 is 15.1 Å². The number of para-hydroxylation sites is 1. The molecule has 128 valence electrons. The van der Waals surface area contributed by atoms with Crippen LogP contribution in [0.5, 0.6) is 0 Å². The molecule has 1 aromatic carbocycles. The summed E-state index contributed by atoms with van der Waals surface area (Å²) in [6.45, 7) is 4.01. The maximum atomic E-state index is 12.0. The van der Waals surface area contributed by atoms with Crippen LogP contribution >= 0.6 is 0 Å². The quantitative estimate of drug-likeness (QED) is 0.881. The number of benzene rings is 1. The zero-order chi connectivity index (χ0) is 16.8. The summed E-state index contributed by atoms with van der Waals surface area (Å²) >= 11 is 0. The first-order valence-electron chi connectivity index (χ1n) is 8.33. The minimum Gasteiger partial charge on any atom is -0.424 e. The SMILES string of the molecule is Cc1nnc(CN2CCCCC2CNC(=O)Nc2ccccc2)o1. The van der Waals surface area contributed by atoms with Crippen molar-refractivity contribution in [1.29, 1.82) is 0 Å². The molecule has 1 aliphatic heterocycles. The molecule has 0 saturated carbocycles. The summed E-state index contributed by atoms with van der Waals surface area (Å²) in [5.41, 5.74) is 0.789. The van der Waals surface area contributed by atoms with Gasteiger partial charge in [-0.3, -0.25) is 4.90 Å². The molecular formula is C17H23N5O2. The predicted molar refractivity (Wildman–Crippen MR) is 90.5 cm³/mol. The Bertz CT molecular complexity index is 658. The molecule has 7 heteroatoms. The van der Waals surface area contributed by atoms with Crippen molar-refractivity contribution in [2.45, 2.75) is 38.8 Å². The van der Waals surface area contributed by atoms with E-state index < -0.39 is 0 Å². The van der Waals surface area contributed by atoms with Crippen LogP contribution in [0.1, 0.15) is 31.0 Å². The van der Waals surface area contributed by atoms with E-state index in [0.29, 0.717) is 24.9 Å². The zero-order valence-electron chi connectivity index (χ0n) is 13.9. The topological polar surface area (TPSA) is 83.3 Å². The summed E-state index contributed by atoms with van der Waals surface area (Å²) in [5, 5.41) is 13.7. The van der Waals surface area contributed by atoms with Crippen LogP contribution in [-0.2, 0) is 6.54 Å². The third kappa shape index (κ3) is 4.55. The summed E-state index contributed by atoms with van der Waals surface area (Å²) < 4.78 is 5.48. The number of aromatic nitrogens is 2. The third-order valence-corrected chi connectivity index (χ3v) is 4.19. The Morgan fingerprint density at radius 2 is 2.12 bits per heavy atom. The van der Waals surface area contributed by atoms with Crippen molar-refractivity contribution in [2.75, 3.05) is 18.4 Å². The van der Waals surface area contributed by atoms with E-state index in [9.17, 15) is 4.79 Å². The second kappa shape index (κ2) is 7.92. The van der Waals surface area contributed by atoms with Gasteiger partial charge in [0.05, 0.1) is 6.54 Å². The largest absolute Gasteiger partial charge is 0.424 e. The Hall–Kier alpha value is -2.41. The highest BCUT2D eigenvalue weighted by molar-refractivity contribution is 5.89. The Labute approximate surface area is 141 Å². The molecule has 1 unspecified atom stereocenters. The number of nitrogens with one attached hydrogen (secondary N) is 2. The van der Waals surface area contributed by atoms with Gasteiger partial charge in [-0.2, -0.15) is 0 Å². The number of nitrogens with zero attached hydrogens (tertiary/aromatic N) is 3. The Morgan fingerprint density at radius 1 is 1.29 bits per heavy atom. The fourth-order valence-corrected chi connectivity index (χ4v) is 2.98. The first-order chi connectivity index (χ1) is 11.7. The van der Waals surface area contributed by atoms with Crippen LogP contribution in [0.3, 0.4) is 0 Å². The smallest absolute Gasteiger partial charge is 0.319 e. The number of urea groups is 1. The number of piperidine rings is 1. The molecule has 1 fully saturated rings. The molecule has 2 heterocycles. The molecule has 1 aliphatic rings. The van der Waals surface area contributed by atoms with E-state index in [0.717, 1.165) is 25.1 Å². The average Bonchev–Trinajstić information content (AvgIpc) is 3.00. The van der Waals surface area contributed by atoms with Crippen LogP contribution < -0.4 is 10.6 Å². The van der Waals surface area contributed by atoms with Gasteiger partial charge in [0.25, 0.3) is 0 Å². The van der Waals surface area contributed by atoms with Crippen LogP contribution in [0.4, 0.5) is 10.5 Å². The van der Waals surface area contributed by atoms with Crippen molar-refractivity contribution in [3.63, 3.8) is 0 Å². The second-order valence-electron chi connectivity index (χ2n) is 6.04. The number of carbonyl (C=O) groups excluding carboxylic acids is 1. The molecule has 1 saturated heterocycles. The molecule has 1 aromatic heterocycles. The fraction of sp³-hybridized carbons (Fsp3) is 0.471. The van der Waals surface area contributed by atoms with Gasteiger partial charge in [-0.15, -0.1) is 10.2 Å². The Morgan fingerprint density at radius 3 is 2.88 bits per heavy atom. The minimum absolute atomic E-state index is 0.180. The minimum atomic E-state index is -0.180. The first-order valence-corrected chi connectivity index (χ1v) is 8.33. The molecule has 0 spiro atoms. The van der Waals surface area contributed by atoms with E-state index in [1.165, 1.54) is 6.42 Å². The van der Waals surface area contributed by atoms with Gasteiger partial charge in [0, 0.05) is 25.2 Å². The van der Waals surface area contributed by atoms with Crippen molar-refractivity contribution >= 4 is 11.7 Å². The fourth-order valence-electron chi connectivity index (χ4n) is 2.98. The number of hydrogen-bond donors (Lipinski definition) is 2. The van der Waals surface area contributed by atoms with Crippen LogP contribution in [0.2, 0.25) is 0 Å². The second-order valence-corrected chi connectivity index (χ2v) is 6.04. The summed E-state index contributed by atoms with van der Waals surface area (Å²) in [7, 11) is 0. The highest BCUT2D eigenvalue weighted by Gasteiger charge is 2.24. The molecule has 0 aliphatic carbocycles. The highest BCUT2D eigenvalue weighted by atomic mass is 16.4. The van der Waals surface area contributed by atoms with Crippen molar-refractivity contribution in [2.24, 2.45) is 0 Å². The number of hydrogen-bond acceptors (Lipinski definition) is 5. The molecule has 24 heavy (non-hydrogen) atoms. The van der Waals surface area contributed by atoms with Crippen LogP contribution in [0.25, 0.3) is 0 Å². The normalized spacial score (nSPS) is 18.3. The molecule has 2 amide bonds. The van der Waals surface area contributed by atoms with Crippen LogP contribution in [-0.4, -0.2) is 40.3 Å². The van der Waals surface area contributed by atoms with Crippen molar-refractivity contribution in [3.8, 4) is 0 Å². The van der Waals surface area contributed by atoms with Gasteiger partial charge in [-0.25, -0.2) is 4.79 Å². The maximum absolute atomic E-state index is 12.0. The van der Waals surface area contributed by atoms with Crippen molar-refractivity contribution in [3.05, 3.63) is 42.1 Å². The monoisotopic (exact) mass is 329 g/mol. The van der Waals surface area contributed by atoms with Gasteiger partial charge in [0.15, 0.2) is 0 Å². The van der Waals surface area contributed by atoms with Crippen LogP contribution in [0.15, 0.2) is 34.7 Å². The summed E-state index contributed by atoms with van der Waals surface area (Å²) in [6, 6.07) is 9.54. The van der Waals surface area contributed by atoms with Gasteiger partial charge in [0.1, 0.15) is 0 Å². The molecule has 0 bridgehead atoms. The standard InChI is InChI=1S/C17H23N5O2/c1-13-20-21-16(24-13)12-22-10-6-5-9-15(22)11-18-17(23)19-14-7-3-2-4-8-14/h2-4,7-8,15H,5-6,9-12H2,1H3,(H2,18,19,23). The highest BCUT2D eigenvalue weighted by Crippen LogP contribution is 2.19. The van der Waals surface area contributed by atoms with E-state index in [2.05, 4.69) is 25.7 Å². The lowest BCUT2D eigenvalue weighted by Gasteiger charge is -2.34. The predicted octanol–water partition coefficient (Wildman–Crippen LogP) is 2.55. The molecule has 0 radical (unpaired) electrons. The van der Waals surface area contributed by atoms with Gasteiger partial charge in [-0.1, -0.05) is 24.6 Å².